The zero-order valence-corrected chi connectivity index (χ0v) is 11.6. The molecule has 0 aliphatic heterocycles. The number of nitrogens with zero attached hydrogens (tertiary/aromatic N) is 2. The van der Waals surface area contributed by atoms with Gasteiger partial charge in [-0.3, -0.25) is 4.99 Å². The molecule has 1 saturated carbocycles. The summed E-state index contributed by atoms with van der Waals surface area (Å²) in [6.07, 6.45) is 4.26. The molecule has 18 heavy (non-hydrogen) atoms. The van der Waals surface area contributed by atoms with Crippen LogP contribution in [-0.2, 0) is 12.0 Å². The Morgan fingerprint density at radius 1 is 1.50 bits per heavy atom. The fraction of sp³-hybridized carbons (Fsp3) is 0.692. The van der Waals surface area contributed by atoms with E-state index in [0.717, 1.165) is 11.7 Å². The van der Waals surface area contributed by atoms with Gasteiger partial charge in [-0.05, 0) is 12.8 Å². The maximum atomic E-state index is 5.71. The largest absolute Gasteiger partial charge is 0.443 e. The van der Waals surface area contributed by atoms with E-state index in [0.29, 0.717) is 18.5 Å². The lowest BCUT2D eigenvalue weighted by molar-refractivity contribution is 0.379. The normalized spacial score (nSPS) is 16.8. The van der Waals surface area contributed by atoms with Crippen molar-refractivity contribution < 1.29 is 4.42 Å². The molecular formula is C13H22N4O. The summed E-state index contributed by atoms with van der Waals surface area (Å²) in [4.78, 5) is 8.44. The van der Waals surface area contributed by atoms with E-state index in [1.807, 2.05) is 0 Å². The van der Waals surface area contributed by atoms with Crippen molar-refractivity contribution in [3.8, 4) is 0 Å². The third-order valence-electron chi connectivity index (χ3n) is 2.84. The topological polar surface area (TPSA) is 62.5 Å². The van der Waals surface area contributed by atoms with E-state index in [4.69, 9.17) is 4.42 Å². The summed E-state index contributed by atoms with van der Waals surface area (Å²) in [7, 11) is 1.77. The van der Waals surface area contributed by atoms with Gasteiger partial charge in [0.2, 0.25) is 5.89 Å². The smallest absolute Gasteiger partial charge is 0.213 e. The molecule has 1 aliphatic carbocycles. The summed E-state index contributed by atoms with van der Waals surface area (Å²) in [5, 5.41) is 6.52. The Morgan fingerprint density at radius 3 is 2.72 bits per heavy atom. The summed E-state index contributed by atoms with van der Waals surface area (Å²) >= 11 is 0. The number of aliphatic imine (C=N–C) groups is 1. The highest BCUT2D eigenvalue weighted by Crippen LogP contribution is 2.22. The molecule has 5 nitrogen and oxygen atoms in total. The average molecular weight is 250 g/mol. The van der Waals surface area contributed by atoms with Crippen molar-refractivity contribution in [2.75, 3.05) is 7.05 Å². The minimum Gasteiger partial charge on any atom is -0.443 e. The van der Waals surface area contributed by atoms with Crippen LogP contribution in [0.1, 0.15) is 45.3 Å². The lowest BCUT2D eigenvalue weighted by Crippen LogP contribution is -2.38. The van der Waals surface area contributed by atoms with Gasteiger partial charge in [0.25, 0.3) is 0 Å². The Hall–Kier alpha value is -1.52. The van der Waals surface area contributed by atoms with Crippen molar-refractivity contribution in [1.82, 2.24) is 15.6 Å². The van der Waals surface area contributed by atoms with Gasteiger partial charge in [0.05, 0.1) is 12.7 Å². The minimum atomic E-state index is -0.000805. The lowest BCUT2D eigenvalue weighted by atomic mass is 9.94. The molecule has 5 heteroatoms. The first kappa shape index (κ1) is 12.9. The van der Waals surface area contributed by atoms with E-state index < -0.39 is 0 Å². The minimum absolute atomic E-state index is 0.000805. The number of guanidine groups is 1. The van der Waals surface area contributed by atoms with Gasteiger partial charge in [-0.15, -0.1) is 0 Å². The SMILES string of the molecule is CN=C(NCc1ncc(C(C)(C)C)o1)NC1CC1. The summed E-state index contributed by atoms with van der Waals surface area (Å²) in [6.45, 7) is 6.89. The summed E-state index contributed by atoms with van der Waals surface area (Å²) < 4.78 is 5.71. The van der Waals surface area contributed by atoms with Crippen LogP contribution >= 0.6 is 0 Å². The van der Waals surface area contributed by atoms with Gasteiger partial charge in [0.15, 0.2) is 5.96 Å². The monoisotopic (exact) mass is 250 g/mol. The van der Waals surface area contributed by atoms with Gasteiger partial charge >= 0.3 is 0 Å². The molecule has 0 bridgehead atoms. The number of rotatable bonds is 3. The van der Waals surface area contributed by atoms with E-state index in [9.17, 15) is 0 Å². The molecule has 0 unspecified atom stereocenters. The first-order valence-corrected chi connectivity index (χ1v) is 6.41. The van der Waals surface area contributed by atoms with E-state index in [-0.39, 0.29) is 5.41 Å². The molecule has 0 radical (unpaired) electrons. The van der Waals surface area contributed by atoms with Crippen molar-refractivity contribution in [2.45, 2.75) is 51.6 Å². The Kier molecular flexibility index (Phi) is 3.59. The molecule has 1 aromatic rings. The third kappa shape index (κ3) is 3.48. The Bertz CT molecular complexity index is 426. The Labute approximate surface area is 108 Å². The van der Waals surface area contributed by atoms with Crippen molar-refractivity contribution in [3.63, 3.8) is 0 Å². The van der Waals surface area contributed by atoms with Gasteiger partial charge in [0.1, 0.15) is 5.76 Å². The highest BCUT2D eigenvalue weighted by Gasteiger charge is 2.22. The predicted molar refractivity (Wildman–Crippen MR) is 71.6 cm³/mol. The third-order valence-corrected chi connectivity index (χ3v) is 2.84. The fourth-order valence-corrected chi connectivity index (χ4v) is 1.51. The second-order valence-electron chi connectivity index (χ2n) is 5.71. The molecule has 1 aliphatic rings. The highest BCUT2D eigenvalue weighted by molar-refractivity contribution is 5.80. The van der Waals surface area contributed by atoms with Crippen molar-refractivity contribution in [2.24, 2.45) is 4.99 Å². The van der Waals surface area contributed by atoms with Crippen LogP contribution in [0.4, 0.5) is 0 Å². The second-order valence-corrected chi connectivity index (χ2v) is 5.71. The van der Waals surface area contributed by atoms with Crippen LogP contribution in [-0.4, -0.2) is 24.0 Å². The maximum absolute atomic E-state index is 5.71. The van der Waals surface area contributed by atoms with Crippen LogP contribution in [0.5, 0.6) is 0 Å². The van der Waals surface area contributed by atoms with E-state index >= 15 is 0 Å². The van der Waals surface area contributed by atoms with Crippen LogP contribution in [0.2, 0.25) is 0 Å². The van der Waals surface area contributed by atoms with Crippen LogP contribution in [0.3, 0.4) is 0 Å². The van der Waals surface area contributed by atoms with Gasteiger partial charge in [-0.2, -0.15) is 0 Å². The first-order chi connectivity index (χ1) is 8.49. The van der Waals surface area contributed by atoms with Crippen LogP contribution in [0.25, 0.3) is 0 Å². The molecule has 100 valence electrons. The van der Waals surface area contributed by atoms with Crippen molar-refractivity contribution >= 4 is 5.96 Å². The van der Waals surface area contributed by atoms with Crippen LogP contribution < -0.4 is 10.6 Å². The zero-order chi connectivity index (χ0) is 13.2. The number of hydrogen-bond acceptors (Lipinski definition) is 3. The predicted octanol–water partition coefficient (Wildman–Crippen LogP) is 1.80. The maximum Gasteiger partial charge on any atom is 0.213 e. The molecule has 0 aromatic carbocycles. The van der Waals surface area contributed by atoms with Crippen molar-refractivity contribution in [1.29, 1.82) is 0 Å². The Balaban J connectivity index is 1.87. The van der Waals surface area contributed by atoms with E-state index in [1.54, 1.807) is 13.2 Å². The van der Waals surface area contributed by atoms with E-state index in [2.05, 4.69) is 41.4 Å². The molecule has 1 fully saturated rings. The van der Waals surface area contributed by atoms with Crippen LogP contribution in [0, 0.1) is 0 Å². The van der Waals surface area contributed by atoms with Crippen molar-refractivity contribution in [3.05, 3.63) is 17.8 Å². The molecule has 1 heterocycles. The fourth-order valence-electron chi connectivity index (χ4n) is 1.51. The lowest BCUT2D eigenvalue weighted by Gasteiger charge is -2.13. The number of oxazole rings is 1. The molecule has 2 N–H and O–H groups in total. The second kappa shape index (κ2) is 5.00. The molecule has 0 saturated heterocycles. The summed E-state index contributed by atoms with van der Waals surface area (Å²) in [5.74, 6) is 2.41. The molecule has 0 spiro atoms. The quantitative estimate of drug-likeness (QED) is 0.634. The van der Waals surface area contributed by atoms with Gasteiger partial charge in [0, 0.05) is 18.5 Å². The Morgan fingerprint density at radius 2 is 2.22 bits per heavy atom. The zero-order valence-electron chi connectivity index (χ0n) is 11.6. The first-order valence-electron chi connectivity index (χ1n) is 6.41. The van der Waals surface area contributed by atoms with Gasteiger partial charge in [-0.1, -0.05) is 20.8 Å². The molecule has 0 atom stereocenters. The van der Waals surface area contributed by atoms with Gasteiger partial charge < -0.3 is 15.1 Å². The highest BCUT2D eigenvalue weighted by atomic mass is 16.4. The van der Waals surface area contributed by atoms with Gasteiger partial charge in [-0.25, -0.2) is 4.98 Å². The number of hydrogen-bond donors (Lipinski definition) is 2. The average Bonchev–Trinajstić information content (AvgIpc) is 2.97. The molecule has 2 rings (SSSR count). The molecular weight excluding hydrogens is 228 g/mol. The molecule has 1 aromatic heterocycles. The number of aromatic nitrogens is 1. The van der Waals surface area contributed by atoms with E-state index in [1.165, 1.54) is 12.8 Å². The summed E-state index contributed by atoms with van der Waals surface area (Å²) in [6, 6.07) is 0.589. The molecule has 0 amide bonds. The summed E-state index contributed by atoms with van der Waals surface area (Å²) in [5.41, 5.74) is -0.000805. The number of nitrogens with one attached hydrogen (secondary N) is 2. The standard InChI is InChI=1S/C13H22N4O/c1-13(2,3)10-7-15-11(18-10)8-16-12(14-4)17-9-5-6-9/h7,9H,5-6,8H2,1-4H3,(H2,14,16,17). The van der Waals surface area contributed by atoms with Crippen LogP contribution in [0.15, 0.2) is 15.6 Å².